The summed E-state index contributed by atoms with van der Waals surface area (Å²) < 4.78 is 13.7. The predicted octanol–water partition coefficient (Wildman–Crippen LogP) is 5.28. The Hall–Kier alpha value is -3.12. The number of thiophene rings is 1. The van der Waals surface area contributed by atoms with Gasteiger partial charge in [-0.15, -0.1) is 11.3 Å². The maximum atomic E-state index is 13.1. The van der Waals surface area contributed by atoms with E-state index in [0.29, 0.717) is 30.2 Å². The summed E-state index contributed by atoms with van der Waals surface area (Å²) >= 11 is 1.43. The van der Waals surface area contributed by atoms with Crippen molar-refractivity contribution in [2.75, 3.05) is 13.2 Å². The third-order valence-corrected chi connectivity index (χ3v) is 5.79. The van der Waals surface area contributed by atoms with Crippen LogP contribution >= 0.6 is 11.3 Å². The minimum atomic E-state index is -0.0197. The van der Waals surface area contributed by atoms with Crippen LogP contribution in [0.4, 0.5) is 0 Å². The van der Waals surface area contributed by atoms with E-state index in [1.54, 1.807) is 10.9 Å². The van der Waals surface area contributed by atoms with Crippen molar-refractivity contribution in [1.29, 1.82) is 0 Å². The van der Waals surface area contributed by atoms with Gasteiger partial charge in [-0.25, -0.2) is 4.98 Å². The third-order valence-electron chi connectivity index (χ3n) is 4.84. The van der Waals surface area contributed by atoms with Crippen LogP contribution in [0.5, 0.6) is 11.5 Å². The van der Waals surface area contributed by atoms with Gasteiger partial charge < -0.3 is 9.47 Å². The van der Waals surface area contributed by atoms with E-state index in [1.165, 1.54) is 16.9 Å². The maximum absolute atomic E-state index is 13.1. The molecule has 0 saturated heterocycles. The van der Waals surface area contributed by atoms with E-state index in [-0.39, 0.29) is 5.56 Å². The fraction of sp³-hybridized carbons (Fsp3) is 0.250. The molecular weight excluding hydrogens is 396 g/mol. The van der Waals surface area contributed by atoms with Gasteiger partial charge >= 0.3 is 0 Å². The molecule has 0 unspecified atom stereocenters. The van der Waals surface area contributed by atoms with Crippen molar-refractivity contribution in [3.05, 3.63) is 75.7 Å². The summed E-state index contributed by atoms with van der Waals surface area (Å²) in [7, 11) is 0. The van der Waals surface area contributed by atoms with Gasteiger partial charge in [0.05, 0.1) is 31.6 Å². The topological polar surface area (TPSA) is 53.4 Å². The molecule has 6 heteroatoms. The number of rotatable bonds is 7. The fourth-order valence-electron chi connectivity index (χ4n) is 3.49. The van der Waals surface area contributed by atoms with Gasteiger partial charge in [0.1, 0.15) is 4.70 Å². The van der Waals surface area contributed by atoms with Crippen LogP contribution in [-0.2, 0) is 6.54 Å². The highest BCUT2D eigenvalue weighted by atomic mass is 32.1. The fourth-order valence-corrected chi connectivity index (χ4v) is 4.46. The minimum absolute atomic E-state index is 0.0197. The molecule has 154 valence electrons. The molecule has 4 aromatic rings. The number of nitrogens with zero attached hydrogens (tertiary/aromatic N) is 2. The average molecular weight is 421 g/mol. The number of benzene rings is 2. The standard InChI is InChI=1S/C24H24N2O3S/c1-4-28-20-10-9-18(12-21(20)29-5-2)19-14-30-23-22(19)25-15-26(24(23)27)13-17-8-6-7-16(3)11-17/h6-12,14-15H,4-5,13H2,1-3H3. The van der Waals surface area contributed by atoms with Gasteiger partial charge in [-0.05, 0) is 44.0 Å². The lowest BCUT2D eigenvalue weighted by Gasteiger charge is -2.12. The van der Waals surface area contributed by atoms with Gasteiger partial charge in [0.2, 0.25) is 0 Å². The zero-order chi connectivity index (χ0) is 21.1. The molecule has 0 amide bonds. The first kappa shape index (κ1) is 20.2. The summed E-state index contributed by atoms with van der Waals surface area (Å²) in [5.41, 5.74) is 4.85. The molecule has 5 nitrogen and oxygen atoms in total. The van der Waals surface area contributed by atoms with E-state index >= 15 is 0 Å². The highest BCUT2D eigenvalue weighted by molar-refractivity contribution is 7.17. The van der Waals surface area contributed by atoms with Gasteiger partial charge in [0.15, 0.2) is 11.5 Å². The van der Waals surface area contributed by atoms with Crippen LogP contribution in [0.25, 0.3) is 21.3 Å². The van der Waals surface area contributed by atoms with Crippen LogP contribution in [0.2, 0.25) is 0 Å². The van der Waals surface area contributed by atoms with E-state index in [2.05, 4.69) is 11.1 Å². The zero-order valence-corrected chi connectivity index (χ0v) is 18.2. The van der Waals surface area contributed by atoms with E-state index in [1.807, 2.05) is 62.5 Å². The van der Waals surface area contributed by atoms with E-state index < -0.39 is 0 Å². The van der Waals surface area contributed by atoms with Gasteiger partial charge in [-0.3, -0.25) is 9.36 Å². The Labute approximate surface area is 179 Å². The molecule has 4 rings (SSSR count). The average Bonchev–Trinajstić information content (AvgIpc) is 3.17. The van der Waals surface area contributed by atoms with Crippen molar-refractivity contribution in [1.82, 2.24) is 9.55 Å². The molecular formula is C24H24N2O3S. The molecule has 0 N–H and O–H groups in total. The second-order valence-corrected chi connectivity index (χ2v) is 7.90. The number of aromatic nitrogens is 2. The number of aryl methyl sites for hydroxylation is 1. The number of hydrogen-bond donors (Lipinski definition) is 0. The Morgan fingerprint density at radius 3 is 2.60 bits per heavy atom. The summed E-state index contributed by atoms with van der Waals surface area (Å²) in [6, 6.07) is 14.0. The first-order valence-electron chi connectivity index (χ1n) is 10.0. The van der Waals surface area contributed by atoms with Crippen molar-refractivity contribution in [2.24, 2.45) is 0 Å². The Bertz CT molecular complexity index is 1240. The maximum Gasteiger partial charge on any atom is 0.271 e. The van der Waals surface area contributed by atoms with Gasteiger partial charge in [0.25, 0.3) is 5.56 Å². The van der Waals surface area contributed by atoms with E-state index in [9.17, 15) is 4.79 Å². The molecule has 0 aliphatic heterocycles. The monoisotopic (exact) mass is 420 g/mol. The second-order valence-electron chi connectivity index (χ2n) is 7.02. The van der Waals surface area contributed by atoms with Crippen LogP contribution in [0.3, 0.4) is 0 Å². The van der Waals surface area contributed by atoms with Crippen molar-refractivity contribution in [3.8, 4) is 22.6 Å². The SMILES string of the molecule is CCOc1ccc(-c2csc3c(=O)n(Cc4cccc(C)c4)cnc23)cc1OCC. The van der Waals surface area contributed by atoms with E-state index in [4.69, 9.17) is 9.47 Å². The van der Waals surface area contributed by atoms with Crippen molar-refractivity contribution in [3.63, 3.8) is 0 Å². The first-order chi connectivity index (χ1) is 14.6. The second kappa shape index (κ2) is 8.71. The molecule has 0 saturated carbocycles. The van der Waals surface area contributed by atoms with Crippen molar-refractivity contribution in [2.45, 2.75) is 27.3 Å². The van der Waals surface area contributed by atoms with Crippen LogP contribution in [-0.4, -0.2) is 22.8 Å². The third kappa shape index (κ3) is 3.96. The van der Waals surface area contributed by atoms with Crippen LogP contribution in [0.1, 0.15) is 25.0 Å². The molecule has 0 atom stereocenters. The molecule has 30 heavy (non-hydrogen) atoms. The molecule has 2 aromatic carbocycles. The molecule has 0 aliphatic rings. The lowest BCUT2D eigenvalue weighted by atomic mass is 10.1. The van der Waals surface area contributed by atoms with Gasteiger partial charge in [-0.1, -0.05) is 35.9 Å². The smallest absolute Gasteiger partial charge is 0.271 e. The molecule has 0 spiro atoms. The number of ether oxygens (including phenoxy) is 2. The zero-order valence-electron chi connectivity index (χ0n) is 17.3. The van der Waals surface area contributed by atoms with E-state index in [0.717, 1.165) is 28.0 Å². The Morgan fingerprint density at radius 2 is 1.83 bits per heavy atom. The predicted molar refractivity (Wildman–Crippen MR) is 122 cm³/mol. The minimum Gasteiger partial charge on any atom is -0.490 e. The summed E-state index contributed by atoms with van der Waals surface area (Å²) in [6.45, 7) is 7.57. The summed E-state index contributed by atoms with van der Waals surface area (Å²) in [5.74, 6) is 1.42. The highest BCUT2D eigenvalue weighted by Gasteiger charge is 2.15. The Balaban J connectivity index is 1.73. The lowest BCUT2D eigenvalue weighted by molar-refractivity contribution is 0.288. The Kier molecular flexibility index (Phi) is 5.86. The summed E-state index contributed by atoms with van der Waals surface area (Å²) in [5, 5.41) is 1.99. The molecule has 0 bridgehead atoms. The van der Waals surface area contributed by atoms with Crippen LogP contribution in [0.15, 0.2) is 59.0 Å². The molecule has 2 aromatic heterocycles. The quantitative estimate of drug-likeness (QED) is 0.408. The Morgan fingerprint density at radius 1 is 1.03 bits per heavy atom. The first-order valence-corrected chi connectivity index (χ1v) is 10.9. The van der Waals surface area contributed by atoms with Gasteiger partial charge in [-0.2, -0.15) is 0 Å². The van der Waals surface area contributed by atoms with Crippen molar-refractivity contribution >= 4 is 21.6 Å². The van der Waals surface area contributed by atoms with Crippen LogP contribution < -0.4 is 15.0 Å². The number of fused-ring (bicyclic) bond motifs is 1. The molecule has 2 heterocycles. The number of hydrogen-bond acceptors (Lipinski definition) is 5. The van der Waals surface area contributed by atoms with Gasteiger partial charge in [0, 0.05) is 10.9 Å². The van der Waals surface area contributed by atoms with Crippen LogP contribution in [0, 0.1) is 6.92 Å². The largest absolute Gasteiger partial charge is 0.490 e. The van der Waals surface area contributed by atoms with Crippen molar-refractivity contribution < 1.29 is 9.47 Å². The molecule has 0 radical (unpaired) electrons. The highest BCUT2D eigenvalue weighted by Crippen LogP contribution is 2.36. The molecule has 0 fully saturated rings. The normalized spacial score (nSPS) is 11.0. The summed E-state index contributed by atoms with van der Waals surface area (Å²) in [4.78, 5) is 17.7. The molecule has 0 aliphatic carbocycles. The summed E-state index contributed by atoms with van der Waals surface area (Å²) in [6.07, 6.45) is 1.64. The lowest BCUT2D eigenvalue weighted by Crippen LogP contribution is -2.20.